The summed E-state index contributed by atoms with van der Waals surface area (Å²) < 4.78 is 27.7. The van der Waals surface area contributed by atoms with Gasteiger partial charge in [0.05, 0.1) is 5.56 Å². The Hall–Kier alpha value is -1.03. The summed E-state index contributed by atoms with van der Waals surface area (Å²) in [5, 5.41) is 0. The van der Waals surface area contributed by atoms with E-state index >= 15 is 0 Å². The number of benzene rings is 1. The molecule has 1 aromatic carbocycles. The smallest absolute Gasteiger partial charge is 0.194 e. The maximum Gasteiger partial charge on any atom is 0.194 e. The summed E-state index contributed by atoms with van der Waals surface area (Å²) in [6.07, 6.45) is 6.21. The fourth-order valence-electron chi connectivity index (χ4n) is 2.14. The van der Waals surface area contributed by atoms with E-state index < -0.39 is 23.0 Å². The highest BCUT2D eigenvalue weighted by atomic mass is 79.9. The minimum atomic E-state index is -0.808. The van der Waals surface area contributed by atoms with Crippen LogP contribution in [0, 0.1) is 11.6 Å². The lowest BCUT2D eigenvalue weighted by atomic mass is 9.99. The number of allylic oxidation sites excluding steroid dienone is 2. The highest BCUT2D eigenvalue weighted by Crippen LogP contribution is 2.25. The lowest BCUT2D eigenvalue weighted by Gasteiger charge is -2.07. The highest BCUT2D eigenvalue weighted by Gasteiger charge is 2.21. The molecule has 0 unspecified atom stereocenters. The summed E-state index contributed by atoms with van der Waals surface area (Å²) >= 11 is 3.00. The Bertz CT molecular complexity index is 486. The molecule has 1 aromatic rings. The molecule has 0 radical (unpaired) electrons. The Morgan fingerprint density at radius 1 is 1.11 bits per heavy atom. The van der Waals surface area contributed by atoms with E-state index in [1.54, 1.807) is 0 Å². The first-order valence-corrected chi connectivity index (χ1v) is 6.77. The van der Waals surface area contributed by atoms with Crippen molar-refractivity contribution in [2.75, 3.05) is 0 Å². The molecule has 2 rings (SSSR count). The van der Waals surface area contributed by atoms with Crippen LogP contribution in [-0.4, -0.2) is 5.78 Å². The van der Waals surface area contributed by atoms with Crippen molar-refractivity contribution >= 4 is 21.7 Å². The molecule has 1 nitrogen and oxygen atoms in total. The van der Waals surface area contributed by atoms with Crippen molar-refractivity contribution in [3.63, 3.8) is 0 Å². The lowest BCUT2D eigenvalue weighted by molar-refractivity contribution is 0.102. The van der Waals surface area contributed by atoms with Crippen LogP contribution in [0.15, 0.2) is 28.3 Å². The monoisotopic (exact) mass is 314 g/mol. The summed E-state index contributed by atoms with van der Waals surface area (Å²) in [5.41, 5.74) is 0.0963. The number of hydrogen-bond acceptors (Lipinski definition) is 1. The van der Waals surface area contributed by atoms with E-state index in [1.165, 1.54) is 0 Å². The molecule has 0 fully saturated rings. The van der Waals surface area contributed by atoms with Gasteiger partial charge in [-0.1, -0.05) is 28.4 Å². The van der Waals surface area contributed by atoms with Crippen LogP contribution < -0.4 is 0 Å². The summed E-state index contributed by atoms with van der Waals surface area (Å²) in [7, 11) is 0. The van der Waals surface area contributed by atoms with Gasteiger partial charge >= 0.3 is 0 Å². The molecule has 0 spiro atoms. The Balaban J connectivity index is 2.36. The van der Waals surface area contributed by atoms with E-state index in [1.807, 2.05) is 6.08 Å². The molecule has 0 saturated carbocycles. The van der Waals surface area contributed by atoms with Gasteiger partial charge in [0, 0.05) is 4.47 Å². The molecule has 4 heteroatoms. The zero-order valence-corrected chi connectivity index (χ0v) is 11.4. The van der Waals surface area contributed by atoms with Crippen LogP contribution in [0.3, 0.4) is 0 Å². The molecule has 18 heavy (non-hydrogen) atoms. The molecule has 0 atom stereocenters. The molecule has 0 saturated heterocycles. The second kappa shape index (κ2) is 5.74. The first-order chi connectivity index (χ1) is 8.59. The topological polar surface area (TPSA) is 17.1 Å². The van der Waals surface area contributed by atoms with E-state index in [9.17, 15) is 13.6 Å². The standard InChI is InChI=1S/C14H13BrF2O/c15-10-7-11(16)13(12(17)8-10)14(18)9-5-3-1-2-4-6-9/h5,7-8H,1-4,6H2. The van der Waals surface area contributed by atoms with Crippen LogP contribution in [0.5, 0.6) is 0 Å². The first-order valence-electron chi connectivity index (χ1n) is 5.98. The lowest BCUT2D eigenvalue weighted by Crippen LogP contribution is -2.09. The van der Waals surface area contributed by atoms with Crippen LogP contribution in [0.2, 0.25) is 0 Å². The minimum absolute atomic E-state index is 0.295. The Morgan fingerprint density at radius 3 is 2.44 bits per heavy atom. The van der Waals surface area contributed by atoms with Gasteiger partial charge in [0.15, 0.2) is 5.78 Å². The van der Waals surface area contributed by atoms with Crippen molar-refractivity contribution in [2.24, 2.45) is 0 Å². The van der Waals surface area contributed by atoms with E-state index in [2.05, 4.69) is 15.9 Å². The second-order valence-electron chi connectivity index (χ2n) is 4.40. The maximum atomic E-state index is 13.7. The van der Waals surface area contributed by atoms with Crippen LogP contribution in [-0.2, 0) is 0 Å². The van der Waals surface area contributed by atoms with Crippen molar-refractivity contribution in [1.82, 2.24) is 0 Å². The third-order valence-electron chi connectivity index (χ3n) is 3.07. The second-order valence-corrected chi connectivity index (χ2v) is 5.32. The van der Waals surface area contributed by atoms with Crippen LogP contribution in [0.1, 0.15) is 42.5 Å². The summed E-state index contributed by atoms with van der Waals surface area (Å²) in [6, 6.07) is 2.24. The number of hydrogen-bond donors (Lipinski definition) is 0. The number of rotatable bonds is 2. The fraction of sp³-hybridized carbons (Fsp3) is 0.357. The van der Waals surface area contributed by atoms with Gasteiger partial charge in [0.25, 0.3) is 0 Å². The molecule has 1 aliphatic rings. The Kier molecular flexibility index (Phi) is 4.27. The SMILES string of the molecule is O=C(C1=CCCCCC1)c1c(F)cc(Br)cc1F. The number of halogens is 3. The summed E-state index contributed by atoms with van der Waals surface area (Å²) in [6.45, 7) is 0. The molecule has 0 aromatic heterocycles. The molecule has 1 aliphatic carbocycles. The minimum Gasteiger partial charge on any atom is -0.289 e. The van der Waals surface area contributed by atoms with Gasteiger partial charge in [-0.3, -0.25) is 4.79 Å². The normalized spacial score (nSPS) is 16.1. The predicted molar refractivity (Wildman–Crippen MR) is 69.6 cm³/mol. The molecule has 0 amide bonds. The van der Waals surface area contributed by atoms with Gasteiger partial charge in [-0.2, -0.15) is 0 Å². The fourth-order valence-corrected chi connectivity index (χ4v) is 2.54. The highest BCUT2D eigenvalue weighted by molar-refractivity contribution is 9.10. The van der Waals surface area contributed by atoms with Gasteiger partial charge in [-0.25, -0.2) is 8.78 Å². The molecular formula is C14H13BrF2O. The average molecular weight is 315 g/mol. The largest absolute Gasteiger partial charge is 0.289 e. The molecule has 0 heterocycles. The zero-order chi connectivity index (χ0) is 13.1. The van der Waals surface area contributed by atoms with Crippen LogP contribution in [0.4, 0.5) is 8.78 Å². The quantitative estimate of drug-likeness (QED) is 0.717. The Morgan fingerprint density at radius 2 is 1.78 bits per heavy atom. The number of carbonyl (C=O) groups is 1. The van der Waals surface area contributed by atoms with Gasteiger partial charge in [0.2, 0.25) is 0 Å². The van der Waals surface area contributed by atoms with Gasteiger partial charge < -0.3 is 0 Å². The number of Topliss-reactive ketones (excluding diaryl/α,β-unsaturated/α-hetero) is 1. The molecular weight excluding hydrogens is 302 g/mol. The average Bonchev–Trinajstić information content (AvgIpc) is 2.55. The van der Waals surface area contributed by atoms with Gasteiger partial charge in [0.1, 0.15) is 11.6 Å². The predicted octanol–water partition coefficient (Wildman–Crippen LogP) is 4.80. The number of carbonyl (C=O) groups excluding carboxylic acids is 1. The van der Waals surface area contributed by atoms with Crippen molar-refractivity contribution in [3.8, 4) is 0 Å². The third kappa shape index (κ3) is 2.86. The van der Waals surface area contributed by atoms with Crippen LogP contribution >= 0.6 is 15.9 Å². The van der Waals surface area contributed by atoms with Crippen molar-refractivity contribution in [1.29, 1.82) is 0 Å². The molecule has 96 valence electrons. The third-order valence-corrected chi connectivity index (χ3v) is 3.52. The van der Waals surface area contributed by atoms with Crippen molar-refractivity contribution in [2.45, 2.75) is 32.1 Å². The molecule has 0 bridgehead atoms. The zero-order valence-electron chi connectivity index (χ0n) is 9.81. The van der Waals surface area contributed by atoms with Gasteiger partial charge in [-0.05, 0) is 43.4 Å². The maximum absolute atomic E-state index is 13.7. The van der Waals surface area contributed by atoms with E-state index in [-0.39, 0.29) is 0 Å². The van der Waals surface area contributed by atoms with Gasteiger partial charge in [-0.15, -0.1) is 0 Å². The summed E-state index contributed by atoms with van der Waals surface area (Å²) in [4.78, 5) is 12.1. The molecule has 0 N–H and O–H groups in total. The van der Waals surface area contributed by atoms with E-state index in [4.69, 9.17) is 0 Å². The van der Waals surface area contributed by atoms with E-state index in [0.29, 0.717) is 16.5 Å². The number of ketones is 1. The summed E-state index contributed by atoms with van der Waals surface area (Å²) in [5.74, 6) is -2.13. The van der Waals surface area contributed by atoms with Crippen molar-refractivity contribution in [3.05, 3.63) is 45.5 Å². The van der Waals surface area contributed by atoms with Crippen LogP contribution in [0.25, 0.3) is 0 Å². The molecule has 0 aliphatic heterocycles. The first kappa shape index (κ1) is 13.4. The van der Waals surface area contributed by atoms with Crippen molar-refractivity contribution < 1.29 is 13.6 Å². The Labute approximate surface area is 113 Å². The van der Waals surface area contributed by atoms with E-state index in [0.717, 1.165) is 37.8 Å².